The maximum atomic E-state index is 12.7. The zero-order valence-corrected chi connectivity index (χ0v) is 17.6. The Bertz CT molecular complexity index is 1010. The largest absolute Gasteiger partial charge is 0.486 e. The summed E-state index contributed by atoms with van der Waals surface area (Å²) in [6.45, 7) is 1.60. The summed E-state index contributed by atoms with van der Waals surface area (Å²) in [4.78, 5) is 13.5. The topological polar surface area (TPSA) is 81.7 Å². The standard InChI is InChI=1S/C21H23NO5S2/c23-21(22-9-7-15-5-6-18-19(13-15)27-11-10-26-18)17-3-1-2-4-20(17)28-16-8-12-29(24,25)14-16/h1-6,13,16H,7-12,14H2,(H,22,23). The summed E-state index contributed by atoms with van der Waals surface area (Å²) >= 11 is 1.48. The van der Waals surface area contributed by atoms with Crippen LogP contribution >= 0.6 is 11.8 Å². The lowest BCUT2D eigenvalue weighted by Crippen LogP contribution is -2.26. The number of fused-ring (bicyclic) bond motifs is 1. The Labute approximate surface area is 174 Å². The van der Waals surface area contributed by atoms with Gasteiger partial charge in [0.25, 0.3) is 5.91 Å². The Morgan fingerprint density at radius 1 is 1.10 bits per heavy atom. The van der Waals surface area contributed by atoms with Crippen molar-refractivity contribution in [3.8, 4) is 11.5 Å². The van der Waals surface area contributed by atoms with Gasteiger partial charge in [-0.05, 0) is 42.7 Å². The van der Waals surface area contributed by atoms with E-state index in [1.54, 1.807) is 6.07 Å². The molecule has 2 heterocycles. The first-order valence-electron chi connectivity index (χ1n) is 9.63. The van der Waals surface area contributed by atoms with Crippen LogP contribution in [0.25, 0.3) is 0 Å². The summed E-state index contributed by atoms with van der Waals surface area (Å²) in [5.41, 5.74) is 1.65. The Balaban J connectivity index is 1.35. The van der Waals surface area contributed by atoms with Crippen molar-refractivity contribution in [2.24, 2.45) is 0 Å². The predicted molar refractivity (Wildman–Crippen MR) is 113 cm³/mol. The molecule has 6 nitrogen and oxygen atoms in total. The molecule has 2 aromatic rings. The number of ether oxygens (including phenoxy) is 2. The van der Waals surface area contributed by atoms with Gasteiger partial charge in [-0.2, -0.15) is 0 Å². The third kappa shape index (κ3) is 5.05. The molecule has 1 saturated heterocycles. The van der Waals surface area contributed by atoms with Crippen molar-refractivity contribution in [1.29, 1.82) is 0 Å². The van der Waals surface area contributed by atoms with Crippen molar-refractivity contribution in [3.05, 3.63) is 53.6 Å². The SMILES string of the molecule is O=C(NCCc1ccc2c(c1)OCCO2)c1ccccc1SC1CCS(=O)(=O)C1. The first-order valence-corrected chi connectivity index (χ1v) is 12.3. The van der Waals surface area contributed by atoms with Crippen LogP contribution in [0.4, 0.5) is 0 Å². The minimum absolute atomic E-state index is 0.00617. The summed E-state index contributed by atoms with van der Waals surface area (Å²) in [6.07, 6.45) is 1.31. The van der Waals surface area contributed by atoms with Gasteiger partial charge in [0, 0.05) is 16.7 Å². The smallest absolute Gasteiger partial charge is 0.252 e. The van der Waals surface area contributed by atoms with Gasteiger partial charge in [-0.1, -0.05) is 18.2 Å². The monoisotopic (exact) mass is 433 g/mol. The van der Waals surface area contributed by atoms with Gasteiger partial charge in [0.05, 0.1) is 17.1 Å². The molecule has 0 aliphatic carbocycles. The summed E-state index contributed by atoms with van der Waals surface area (Å²) in [7, 11) is -2.94. The van der Waals surface area contributed by atoms with Crippen molar-refractivity contribution in [3.63, 3.8) is 0 Å². The predicted octanol–water partition coefficient (Wildman–Crippen LogP) is 2.71. The lowest BCUT2D eigenvalue weighted by Gasteiger charge is -2.19. The fraction of sp³-hybridized carbons (Fsp3) is 0.381. The summed E-state index contributed by atoms with van der Waals surface area (Å²) in [5, 5.41) is 2.97. The molecular formula is C21H23NO5S2. The van der Waals surface area contributed by atoms with Gasteiger partial charge in [0.2, 0.25) is 0 Å². The molecule has 2 aliphatic rings. The lowest BCUT2D eigenvalue weighted by molar-refractivity contribution is 0.0951. The van der Waals surface area contributed by atoms with Crippen LogP contribution in [0.1, 0.15) is 22.3 Å². The maximum absolute atomic E-state index is 12.7. The van der Waals surface area contributed by atoms with E-state index < -0.39 is 9.84 Å². The summed E-state index contributed by atoms with van der Waals surface area (Å²) < 4.78 is 34.5. The third-order valence-electron chi connectivity index (χ3n) is 4.92. The summed E-state index contributed by atoms with van der Waals surface area (Å²) in [6, 6.07) is 13.2. The van der Waals surface area contributed by atoms with E-state index in [1.165, 1.54) is 11.8 Å². The zero-order valence-electron chi connectivity index (χ0n) is 15.9. The van der Waals surface area contributed by atoms with Gasteiger partial charge in [0.1, 0.15) is 13.2 Å². The fourth-order valence-corrected chi connectivity index (χ4v) is 7.08. The average Bonchev–Trinajstić information content (AvgIpc) is 3.06. The molecule has 1 atom stereocenters. The van der Waals surface area contributed by atoms with E-state index >= 15 is 0 Å². The molecule has 0 spiro atoms. The Hall–Kier alpha value is -2.19. The molecule has 0 aromatic heterocycles. The van der Waals surface area contributed by atoms with E-state index in [1.807, 2.05) is 36.4 Å². The number of sulfone groups is 1. The Morgan fingerprint density at radius 3 is 2.69 bits per heavy atom. The number of thioether (sulfide) groups is 1. The number of amides is 1. The van der Waals surface area contributed by atoms with Gasteiger partial charge in [-0.25, -0.2) is 8.42 Å². The Morgan fingerprint density at radius 2 is 1.90 bits per heavy atom. The second-order valence-electron chi connectivity index (χ2n) is 7.12. The molecule has 1 amide bonds. The number of rotatable bonds is 6. The van der Waals surface area contributed by atoms with E-state index in [2.05, 4.69) is 5.32 Å². The van der Waals surface area contributed by atoms with Gasteiger partial charge < -0.3 is 14.8 Å². The maximum Gasteiger partial charge on any atom is 0.252 e. The molecule has 8 heteroatoms. The highest BCUT2D eigenvalue weighted by Crippen LogP contribution is 2.33. The van der Waals surface area contributed by atoms with E-state index in [0.29, 0.717) is 38.2 Å². The molecule has 0 radical (unpaired) electrons. The van der Waals surface area contributed by atoms with Crippen molar-refractivity contribution in [1.82, 2.24) is 5.32 Å². The van der Waals surface area contributed by atoms with Crippen LogP contribution in [0.3, 0.4) is 0 Å². The second kappa shape index (κ2) is 8.67. The van der Waals surface area contributed by atoms with Crippen LogP contribution in [-0.2, 0) is 16.3 Å². The second-order valence-corrected chi connectivity index (χ2v) is 10.7. The van der Waals surface area contributed by atoms with Crippen LogP contribution < -0.4 is 14.8 Å². The van der Waals surface area contributed by atoms with E-state index in [4.69, 9.17) is 9.47 Å². The van der Waals surface area contributed by atoms with E-state index in [9.17, 15) is 13.2 Å². The van der Waals surface area contributed by atoms with Crippen LogP contribution in [0.2, 0.25) is 0 Å². The molecule has 154 valence electrons. The molecule has 29 heavy (non-hydrogen) atoms. The normalized spacial score (nSPS) is 19.7. The molecule has 2 aliphatic heterocycles. The molecule has 1 N–H and O–H groups in total. The quantitative estimate of drug-likeness (QED) is 0.754. The van der Waals surface area contributed by atoms with Gasteiger partial charge in [0.15, 0.2) is 21.3 Å². The van der Waals surface area contributed by atoms with Crippen molar-refractivity contribution in [2.45, 2.75) is 23.0 Å². The number of hydrogen-bond donors (Lipinski definition) is 1. The number of carbonyl (C=O) groups excluding carboxylic acids is 1. The highest BCUT2D eigenvalue weighted by molar-refractivity contribution is 8.02. The van der Waals surface area contributed by atoms with Crippen LogP contribution in [0, 0.1) is 0 Å². The number of benzene rings is 2. The molecule has 1 fully saturated rings. The zero-order chi connectivity index (χ0) is 20.3. The molecule has 4 rings (SSSR count). The van der Waals surface area contributed by atoms with Gasteiger partial charge in [-0.15, -0.1) is 11.8 Å². The number of hydrogen-bond acceptors (Lipinski definition) is 6. The molecular weight excluding hydrogens is 410 g/mol. The van der Waals surface area contributed by atoms with Crippen molar-refractivity contribution in [2.75, 3.05) is 31.3 Å². The van der Waals surface area contributed by atoms with E-state index in [0.717, 1.165) is 22.0 Å². The molecule has 0 bridgehead atoms. The number of carbonyl (C=O) groups is 1. The minimum atomic E-state index is -2.94. The minimum Gasteiger partial charge on any atom is -0.486 e. The van der Waals surface area contributed by atoms with Crippen molar-refractivity contribution >= 4 is 27.5 Å². The van der Waals surface area contributed by atoms with Crippen LogP contribution in [-0.4, -0.2) is 50.8 Å². The first kappa shape index (κ1) is 20.1. The van der Waals surface area contributed by atoms with Crippen LogP contribution in [0.15, 0.2) is 47.4 Å². The highest BCUT2D eigenvalue weighted by Gasteiger charge is 2.29. The highest BCUT2D eigenvalue weighted by atomic mass is 32.2. The summed E-state index contributed by atoms with van der Waals surface area (Å²) in [5.74, 6) is 1.76. The van der Waals surface area contributed by atoms with Crippen molar-refractivity contribution < 1.29 is 22.7 Å². The first-order chi connectivity index (χ1) is 14.0. The lowest BCUT2D eigenvalue weighted by atomic mass is 10.1. The fourth-order valence-electron chi connectivity index (χ4n) is 3.45. The van der Waals surface area contributed by atoms with E-state index in [-0.39, 0.29) is 22.7 Å². The third-order valence-corrected chi connectivity index (χ3v) is 8.25. The van der Waals surface area contributed by atoms with Crippen LogP contribution in [0.5, 0.6) is 11.5 Å². The Kier molecular flexibility index (Phi) is 6.01. The molecule has 1 unspecified atom stereocenters. The number of nitrogens with one attached hydrogen (secondary N) is 1. The molecule has 0 saturated carbocycles. The molecule has 2 aromatic carbocycles. The average molecular weight is 434 g/mol. The van der Waals surface area contributed by atoms with Gasteiger partial charge >= 0.3 is 0 Å². The van der Waals surface area contributed by atoms with Gasteiger partial charge in [-0.3, -0.25) is 4.79 Å².